The van der Waals surface area contributed by atoms with Crippen LogP contribution >= 0.6 is 0 Å². The molecule has 1 aliphatic rings. The van der Waals surface area contributed by atoms with Crippen molar-refractivity contribution in [1.82, 2.24) is 0 Å². The SMILES string of the molecule is CC(C)(C)CCOc1ccc2c(c1)[C@H](N)CCC2. The minimum absolute atomic E-state index is 0.194. The van der Waals surface area contributed by atoms with Crippen molar-refractivity contribution in [3.8, 4) is 5.75 Å². The van der Waals surface area contributed by atoms with Crippen LogP contribution in [-0.2, 0) is 6.42 Å². The number of ether oxygens (including phenoxy) is 1. The molecule has 0 spiro atoms. The van der Waals surface area contributed by atoms with E-state index in [1.165, 1.54) is 17.5 Å². The number of benzene rings is 1. The molecule has 0 saturated heterocycles. The Hall–Kier alpha value is -1.02. The van der Waals surface area contributed by atoms with Crippen molar-refractivity contribution in [3.05, 3.63) is 29.3 Å². The van der Waals surface area contributed by atoms with Gasteiger partial charge in [-0.25, -0.2) is 0 Å². The fraction of sp³-hybridized carbons (Fsp3) is 0.625. The Kier molecular flexibility index (Phi) is 3.96. The van der Waals surface area contributed by atoms with Gasteiger partial charge in [0.05, 0.1) is 6.61 Å². The van der Waals surface area contributed by atoms with E-state index >= 15 is 0 Å². The number of rotatable bonds is 3. The van der Waals surface area contributed by atoms with E-state index in [-0.39, 0.29) is 6.04 Å². The monoisotopic (exact) mass is 247 g/mol. The third kappa shape index (κ3) is 3.49. The molecule has 2 rings (SSSR count). The van der Waals surface area contributed by atoms with Crippen LogP contribution < -0.4 is 10.5 Å². The molecule has 2 N–H and O–H groups in total. The highest BCUT2D eigenvalue weighted by Crippen LogP contribution is 2.31. The van der Waals surface area contributed by atoms with Gasteiger partial charge in [0.25, 0.3) is 0 Å². The summed E-state index contributed by atoms with van der Waals surface area (Å²) in [6, 6.07) is 6.60. The predicted octanol–water partition coefficient (Wildman–Crippen LogP) is 3.84. The first-order valence-electron chi connectivity index (χ1n) is 6.97. The molecule has 2 nitrogen and oxygen atoms in total. The lowest BCUT2D eigenvalue weighted by molar-refractivity contribution is 0.242. The van der Waals surface area contributed by atoms with Gasteiger partial charge in [0.1, 0.15) is 5.75 Å². The van der Waals surface area contributed by atoms with E-state index in [0.717, 1.165) is 31.6 Å². The Bertz CT molecular complexity index is 406. The molecule has 0 saturated carbocycles. The van der Waals surface area contributed by atoms with Crippen molar-refractivity contribution in [2.24, 2.45) is 11.1 Å². The molecule has 2 heteroatoms. The quantitative estimate of drug-likeness (QED) is 0.880. The van der Waals surface area contributed by atoms with Gasteiger partial charge in [-0.3, -0.25) is 0 Å². The molecule has 1 atom stereocenters. The smallest absolute Gasteiger partial charge is 0.119 e. The predicted molar refractivity (Wildman–Crippen MR) is 75.9 cm³/mol. The normalized spacial score (nSPS) is 19.4. The maximum Gasteiger partial charge on any atom is 0.119 e. The van der Waals surface area contributed by atoms with Crippen molar-refractivity contribution in [1.29, 1.82) is 0 Å². The molecule has 1 aliphatic carbocycles. The Labute approximate surface area is 111 Å². The Balaban J connectivity index is 2.00. The van der Waals surface area contributed by atoms with Gasteiger partial charge in [0.15, 0.2) is 0 Å². The zero-order valence-electron chi connectivity index (χ0n) is 11.8. The van der Waals surface area contributed by atoms with E-state index in [2.05, 4.69) is 39.0 Å². The molecule has 18 heavy (non-hydrogen) atoms. The van der Waals surface area contributed by atoms with Crippen molar-refractivity contribution in [3.63, 3.8) is 0 Å². The summed E-state index contributed by atoms with van der Waals surface area (Å²) in [7, 11) is 0. The van der Waals surface area contributed by atoms with E-state index in [4.69, 9.17) is 10.5 Å². The van der Waals surface area contributed by atoms with Gasteiger partial charge in [-0.05, 0) is 54.4 Å². The topological polar surface area (TPSA) is 35.2 Å². The lowest BCUT2D eigenvalue weighted by atomic mass is 9.88. The molecule has 100 valence electrons. The van der Waals surface area contributed by atoms with Crippen molar-refractivity contribution >= 4 is 0 Å². The Morgan fingerprint density at radius 3 is 2.83 bits per heavy atom. The first kappa shape index (κ1) is 13.4. The number of hydrogen-bond donors (Lipinski definition) is 1. The second-order valence-electron chi connectivity index (χ2n) is 6.52. The van der Waals surface area contributed by atoms with Gasteiger partial charge in [0.2, 0.25) is 0 Å². The van der Waals surface area contributed by atoms with Crippen molar-refractivity contribution in [2.45, 2.75) is 52.5 Å². The second-order valence-corrected chi connectivity index (χ2v) is 6.52. The van der Waals surface area contributed by atoms with Crippen LogP contribution in [0.25, 0.3) is 0 Å². The van der Waals surface area contributed by atoms with Crippen molar-refractivity contribution in [2.75, 3.05) is 6.61 Å². The zero-order chi connectivity index (χ0) is 13.2. The summed E-state index contributed by atoms with van der Waals surface area (Å²) in [5.41, 5.74) is 9.17. The highest BCUT2D eigenvalue weighted by molar-refractivity contribution is 5.39. The van der Waals surface area contributed by atoms with Gasteiger partial charge in [-0.2, -0.15) is 0 Å². The summed E-state index contributed by atoms with van der Waals surface area (Å²) in [4.78, 5) is 0. The third-order valence-corrected chi connectivity index (χ3v) is 3.60. The molecule has 0 amide bonds. The average molecular weight is 247 g/mol. The fourth-order valence-corrected chi connectivity index (χ4v) is 2.38. The molecular formula is C16H25NO. The Morgan fingerprint density at radius 1 is 1.33 bits per heavy atom. The lowest BCUT2D eigenvalue weighted by Gasteiger charge is -2.23. The molecule has 0 bridgehead atoms. The summed E-state index contributed by atoms with van der Waals surface area (Å²) in [5.74, 6) is 0.968. The second kappa shape index (κ2) is 5.31. The van der Waals surface area contributed by atoms with Crippen LogP contribution in [0.1, 0.15) is 57.2 Å². The van der Waals surface area contributed by atoms with Gasteiger partial charge < -0.3 is 10.5 Å². The number of nitrogens with two attached hydrogens (primary N) is 1. The van der Waals surface area contributed by atoms with E-state index < -0.39 is 0 Å². The Morgan fingerprint density at radius 2 is 2.11 bits per heavy atom. The molecule has 0 aliphatic heterocycles. The van der Waals surface area contributed by atoms with Crippen LogP contribution in [0.3, 0.4) is 0 Å². The van der Waals surface area contributed by atoms with Crippen LogP contribution in [-0.4, -0.2) is 6.61 Å². The average Bonchev–Trinajstić information content (AvgIpc) is 2.28. The highest BCUT2D eigenvalue weighted by atomic mass is 16.5. The summed E-state index contributed by atoms with van der Waals surface area (Å²) in [6.07, 6.45) is 4.53. The lowest BCUT2D eigenvalue weighted by Crippen LogP contribution is -2.17. The molecule has 0 radical (unpaired) electrons. The van der Waals surface area contributed by atoms with Gasteiger partial charge in [-0.15, -0.1) is 0 Å². The number of hydrogen-bond acceptors (Lipinski definition) is 2. The first-order valence-corrected chi connectivity index (χ1v) is 6.97. The molecule has 0 aromatic heterocycles. The molecule has 0 fully saturated rings. The standard InChI is InChI=1S/C16H25NO/c1-16(2,3)9-10-18-13-8-7-12-5-4-6-15(17)14(12)11-13/h7-8,11,15H,4-6,9-10,17H2,1-3H3/t15-/m1/s1. The first-order chi connectivity index (χ1) is 8.46. The van der Waals surface area contributed by atoms with Crippen molar-refractivity contribution < 1.29 is 4.74 Å². The fourth-order valence-electron chi connectivity index (χ4n) is 2.38. The molecule has 0 unspecified atom stereocenters. The van der Waals surface area contributed by atoms with E-state index in [1.807, 2.05) is 0 Å². The third-order valence-electron chi connectivity index (χ3n) is 3.60. The van der Waals surface area contributed by atoms with E-state index in [1.54, 1.807) is 0 Å². The minimum Gasteiger partial charge on any atom is -0.494 e. The summed E-state index contributed by atoms with van der Waals surface area (Å²) >= 11 is 0. The minimum atomic E-state index is 0.194. The summed E-state index contributed by atoms with van der Waals surface area (Å²) in [6.45, 7) is 7.48. The van der Waals surface area contributed by atoms with E-state index in [0.29, 0.717) is 5.41 Å². The van der Waals surface area contributed by atoms with Gasteiger partial charge >= 0.3 is 0 Å². The molecule has 1 aromatic carbocycles. The number of aryl methyl sites for hydroxylation is 1. The number of fused-ring (bicyclic) bond motifs is 1. The summed E-state index contributed by atoms with van der Waals surface area (Å²) < 4.78 is 5.84. The van der Waals surface area contributed by atoms with Crippen LogP contribution in [0.15, 0.2) is 18.2 Å². The maximum absolute atomic E-state index is 6.16. The molecular weight excluding hydrogens is 222 g/mol. The maximum atomic E-state index is 6.16. The van der Waals surface area contributed by atoms with Gasteiger partial charge in [0, 0.05) is 6.04 Å². The zero-order valence-corrected chi connectivity index (χ0v) is 11.8. The molecule has 0 heterocycles. The van der Waals surface area contributed by atoms with Gasteiger partial charge in [-0.1, -0.05) is 26.8 Å². The largest absolute Gasteiger partial charge is 0.494 e. The van der Waals surface area contributed by atoms with E-state index in [9.17, 15) is 0 Å². The van der Waals surface area contributed by atoms with Crippen LogP contribution in [0.5, 0.6) is 5.75 Å². The van der Waals surface area contributed by atoms with Crippen LogP contribution in [0, 0.1) is 5.41 Å². The van der Waals surface area contributed by atoms with Crippen LogP contribution in [0.2, 0.25) is 0 Å². The molecule has 1 aromatic rings. The van der Waals surface area contributed by atoms with Crippen LogP contribution in [0.4, 0.5) is 0 Å². The summed E-state index contributed by atoms with van der Waals surface area (Å²) in [5, 5.41) is 0. The highest BCUT2D eigenvalue weighted by Gasteiger charge is 2.17.